The van der Waals surface area contributed by atoms with Crippen LogP contribution >= 0.6 is 0 Å². The lowest BCUT2D eigenvalue weighted by Crippen LogP contribution is -1.93. The average Bonchev–Trinajstić information content (AvgIpc) is 2.06. The van der Waals surface area contributed by atoms with Crippen LogP contribution in [0.5, 0.6) is 5.75 Å². The van der Waals surface area contributed by atoms with Crippen molar-refractivity contribution in [3.8, 4) is 5.75 Å². The molecule has 0 spiro atoms. The quantitative estimate of drug-likeness (QED) is 0.561. The van der Waals surface area contributed by atoms with E-state index in [1.807, 2.05) is 0 Å². The van der Waals surface area contributed by atoms with Gasteiger partial charge in [0.1, 0.15) is 5.75 Å². The summed E-state index contributed by atoms with van der Waals surface area (Å²) in [5.74, 6) is -0.912. The fraction of sp³-hybridized carbons (Fsp3) is 0. The summed E-state index contributed by atoms with van der Waals surface area (Å²) in [4.78, 5) is 18.6. The second-order valence-electron chi connectivity index (χ2n) is 1.96. The highest BCUT2D eigenvalue weighted by atomic mass is 16.4. The highest BCUT2D eigenvalue weighted by molar-refractivity contribution is 5.87. The molecule has 1 aromatic carbocycles. The number of hydrogen-bond donors (Lipinski definition) is 3. The second-order valence-corrected chi connectivity index (χ2v) is 1.96. The largest absolute Gasteiger partial charge is 0.508 e. The van der Waals surface area contributed by atoms with Crippen LogP contribution in [-0.2, 0) is 4.79 Å². The van der Waals surface area contributed by atoms with Crippen LogP contribution in [0, 0.1) is 0 Å². The predicted molar refractivity (Wildman–Crippen MR) is 43.8 cm³/mol. The van der Waals surface area contributed by atoms with Crippen molar-refractivity contribution in [2.24, 2.45) is 0 Å². The first kappa shape index (κ1) is 11.0. The fourth-order valence-corrected chi connectivity index (χ4v) is 0.604. The number of phenols is 1. The van der Waals surface area contributed by atoms with E-state index in [0.29, 0.717) is 0 Å². The lowest BCUT2D eigenvalue weighted by molar-refractivity contribution is -0.122. The van der Waals surface area contributed by atoms with Crippen molar-refractivity contribution >= 4 is 12.4 Å². The van der Waals surface area contributed by atoms with E-state index in [2.05, 4.69) is 0 Å². The summed E-state index contributed by atoms with van der Waals surface area (Å²) in [6.45, 7) is -0.250. The van der Waals surface area contributed by atoms with Crippen molar-refractivity contribution in [3.05, 3.63) is 29.8 Å². The van der Waals surface area contributed by atoms with Gasteiger partial charge in [0.05, 0.1) is 5.56 Å². The summed E-state index contributed by atoms with van der Waals surface area (Å²) in [7, 11) is 0. The molecule has 0 fully saturated rings. The number of carboxylic acids is 1. The molecular formula is C8H8O5. The molecule has 70 valence electrons. The molecule has 5 nitrogen and oxygen atoms in total. The van der Waals surface area contributed by atoms with Crippen LogP contribution in [0.2, 0.25) is 0 Å². The van der Waals surface area contributed by atoms with Crippen LogP contribution in [0.3, 0.4) is 0 Å². The normalized spacial score (nSPS) is 8.00. The lowest BCUT2D eigenvalue weighted by atomic mass is 10.2. The summed E-state index contributed by atoms with van der Waals surface area (Å²) in [6, 6.07) is 5.36. The van der Waals surface area contributed by atoms with Crippen LogP contribution in [0.25, 0.3) is 0 Å². The van der Waals surface area contributed by atoms with Crippen molar-refractivity contribution in [2.45, 2.75) is 0 Å². The molecule has 0 amide bonds. The monoisotopic (exact) mass is 184 g/mol. The minimum absolute atomic E-state index is 0.0741. The second kappa shape index (κ2) is 5.59. The van der Waals surface area contributed by atoms with Crippen LogP contribution in [0.15, 0.2) is 24.3 Å². The Morgan fingerprint density at radius 2 is 1.62 bits per heavy atom. The van der Waals surface area contributed by atoms with E-state index < -0.39 is 5.97 Å². The third-order valence-electron chi connectivity index (χ3n) is 1.11. The number of rotatable bonds is 1. The molecule has 0 unspecified atom stereocenters. The Kier molecular flexibility index (Phi) is 4.71. The third kappa shape index (κ3) is 4.41. The van der Waals surface area contributed by atoms with E-state index in [1.54, 1.807) is 0 Å². The van der Waals surface area contributed by atoms with Gasteiger partial charge in [0, 0.05) is 0 Å². The molecule has 0 aliphatic carbocycles. The number of carbonyl (C=O) groups is 2. The van der Waals surface area contributed by atoms with Gasteiger partial charge in [-0.3, -0.25) is 4.79 Å². The Labute approximate surface area is 73.9 Å². The first-order valence-electron chi connectivity index (χ1n) is 3.22. The van der Waals surface area contributed by atoms with Crippen molar-refractivity contribution < 1.29 is 24.9 Å². The van der Waals surface area contributed by atoms with E-state index in [0.717, 1.165) is 0 Å². The maximum atomic E-state index is 10.2. The van der Waals surface area contributed by atoms with Gasteiger partial charge in [-0.25, -0.2) is 4.79 Å². The van der Waals surface area contributed by atoms with E-state index in [9.17, 15) is 4.79 Å². The maximum absolute atomic E-state index is 10.2. The highest BCUT2D eigenvalue weighted by Crippen LogP contribution is 2.08. The lowest BCUT2D eigenvalue weighted by Gasteiger charge is -1.92. The van der Waals surface area contributed by atoms with Crippen LogP contribution in [0.4, 0.5) is 0 Å². The van der Waals surface area contributed by atoms with Gasteiger partial charge in [0.15, 0.2) is 0 Å². The van der Waals surface area contributed by atoms with E-state index in [4.69, 9.17) is 20.1 Å². The number of aromatic hydroxyl groups is 1. The summed E-state index contributed by atoms with van der Waals surface area (Å²) in [6.07, 6.45) is 0. The molecule has 0 radical (unpaired) electrons. The summed E-state index contributed by atoms with van der Waals surface area (Å²) < 4.78 is 0. The number of benzene rings is 1. The molecule has 1 aromatic rings. The Morgan fingerprint density at radius 1 is 1.23 bits per heavy atom. The average molecular weight is 184 g/mol. The van der Waals surface area contributed by atoms with E-state index in [1.165, 1.54) is 24.3 Å². The molecule has 1 rings (SSSR count). The summed E-state index contributed by atoms with van der Waals surface area (Å²) >= 11 is 0. The molecular weight excluding hydrogens is 176 g/mol. The van der Waals surface area contributed by atoms with Gasteiger partial charge in [0.25, 0.3) is 6.47 Å². The number of aromatic carboxylic acids is 1. The Bertz CT molecular complexity index is 277. The zero-order valence-corrected chi connectivity index (χ0v) is 6.54. The van der Waals surface area contributed by atoms with Crippen LogP contribution in [-0.4, -0.2) is 27.8 Å². The summed E-state index contributed by atoms with van der Waals surface area (Å²) in [5.41, 5.74) is 0.179. The number of phenolic OH excluding ortho intramolecular Hbond substituents is 1. The zero-order chi connectivity index (χ0) is 10.3. The molecule has 13 heavy (non-hydrogen) atoms. The number of carboxylic acid groups (broad SMARTS) is 2. The van der Waals surface area contributed by atoms with Crippen molar-refractivity contribution in [1.82, 2.24) is 0 Å². The van der Waals surface area contributed by atoms with Crippen LogP contribution in [0.1, 0.15) is 10.4 Å². The van der Waals surface area contributed by atoms with Gasteiger partial charge in [-0.05, 0) is 24.3 Å². The minimum Gasteiger partial charge on any atom is -0.508 e. The van der Waals surface area contributed by atoms with Gasteiger partial charge >= 0.3 is 5.97 Å². The predicted octanol–water partition coefficient (Wildman–Crippen LogP) is 0.791. The molecule has 0 aliphatic heterocycles. The fourth-order valence-electron chi connectivity index (χ4n) is 0.604. The Hall–Kier alpha value is -2.04. The third-order valence-corrected chi connectivity index (χ3v) is 1.11. The van der Waals surface area contributed by atoms with Crippen molar-refractivity contribution in [2.75, 3.05) is 0 Å². The van der Waals surface area contributed by atoms with E-state index >= 15 is 0 Å². The van der Waals surface area contributed by atoms with Gasteiger partial charge in [0.2, 0.25) is 0 Å². The Morgan fingerprint density at radius 3 is 1.92 bits per heavy atom. The molecule has 0 bridgehead atoms. The summed E-state index contributed by atoms with van der Waals surface area (Å²) in [5, 5.41) is 24.0. The topological polar surface area (TPSA) is 94.8 Å². The molecule has 0 aromatic heterocycles. The van der Waals surface area contributed by atoms with Gasteiger partial charge in [-0.15, -0.1) is 0 Å². The highest BCUT2D eigenvalue weighted by Gasteiger charge is 1.99. The van der Waals surface area contributed by atoms with Gasteiger partial charge in [-0.2, -0.15) is 0 Å². The molecule has 0 saturated heterocycles. The maximum Gasteiger partial charge on any atom is 0.335 e. The van der Waals surface area contributed by atoms with Gasteiger partial charge < -0.3 is 15.3 Å². The smallest absolute Gasteiger partial charge is 0.335 e. The first-order valence-corrected chi connectivity index (χ1v) is 3.22. The van der Waals surface area contributed by atoms with Crippen molar-refractivity contribution in [3.63, 3.8) is 0 Å². The molecule has 3 N–H and O–H groups in total. The molecule has 0 heterocycles. The Balaban J connectivity index is 0.000000424. The van der Waals surface area contributed by atoms with Crippen LogP contribution < -0.4 is 0 Å². The SMILES string of the molecule is O=C(O)c1ccc(O)cc1.O=CO. The molecule has 0 aliphatic rings. The minimum atomic E-state index is -0.986. The van der Waals surface area contributed by atoms with E-state index in [-0.39, 0.29) is 17.8 Å². The van der Waals surface area contributed by atoms with Crippen molar-refractivity contribution in [1.29, 1.82) is 0 Å². The first-order chi connectivity index (χ1) is 6.11. The molecule has 0 saturated carbocycles. The molecule has 0 atom stereocenters. The van der Waals surface area contributed by atoms with Gasteiger partial charge in [-0.1, -0.05) is 0 Å². The zero-order valence-electron chi connectivity index (χ0n) is 6.54. The standard InChI is InChI=1S/C7H6O3.CH2O2/c8-6-3-1-5(2-4-6)7(9)10;2-1-3/h1-4,8H,(H,9,10);1H,(H,2,3). The number of hydrogen-bond acceptors (Lipinski definition) is 3. The molecule has 5 heteroatoms.